The lowest BCUT2D eigenvalue weighted by Crippen LogP contribution is -2.15. The highest BCUT2D eigenvalue weighted by Gasteiger charge is 2.18. The van der Waals surface area contributed by atoms with Crippen molar-refractivity contribution in [1.82, 2.24) is 14.8 Å². The zero-order chi connectivity index (χ0) is 8.39. The summed E-state index contributed by atoms with van der Waals surface area (Å²) in [4.78, 5) is 0. The molecule has 1 aliphatic rings. The molecule has 3 nitrogen and oxygen atoms in total. The molecule has 1 saturated carbocycles. The van der Waals surface area contributed by atoms with Crippen LogP contribution in [-0.2, 0) is 0 Å². The average Bonchev–Trinajstić information content (AvgIpc) is 2.58. The Morgan fingerprint density at radius 1 is 1.08 bits per heavy atom. The molecule has 0 bridgehead atoms. The van der Waals surface area contributed by atoms with E-state index in [1.807, 2.05) is 12.7 Å². The number of rotatable bonds is 1. The van der Waals surface area contributed by atoms with E-state index in [1.165, 1.54) is 25.7 Å². The van der Waals surface area contributed by atoms with Gasteiger partial charge in [0.2, 0.25) is 0 Å². The molecule has 0 atom stereocenters. The van der Waals surface area contributed by atoms with Gasteiger partial charge in [0, 0.05) is 6.04 Å². The lowest BCUT2D eigenvalue weighted by atomic mass is 9.87. The summed E-state index contributed by atoms with van der Waals surface area (Å²) in [5.41, 5.74) is 0. The monoisotopic (exact) mass is 165 g/mol. The van der Waals surface area contributed by atoms with Gasteiger partial charge in [-0.3, -0.25) is 0 Å². The molecule has 2 rings (SSSR count). The van der Waals surface area contributed by atoms with Crippen molar-refractivity contribution < 1.29 is 0 Å². The van der Waals surface area contributed by atoms with Gasteiger partial charge >= 0.3 is 0 Å². The smallest absolute Gasteiger partial charge is 0.119 e. The van der Waals surface area contributed by atoms with E-state index < -0.39 is 0 Å². The predicted octanol–water partition coefficient (Wildman–Crippen LogP) is 2.03. The molecule has 1 aromatic heterocycles. The first kappa shape index (κ1) is 7.77. The van der Waals surface area contributed by atoms with Crippen molar-refractivity contribution in [2.24, 2.45) is 5.92 Å². The maximum atomic E-state index is 3.83. The molecule has 0 radical (unpaired) electrons. The lowest BCUT2D eigenvalue weighted by molar-refractivity contribution is 0.289. The first-order chi connectivity index (χ1) is 5.86. The second-order valence-corrected chi connectivity index (χ2v) is 3.82. The highest BCUT2D eigenvalue weighted by atomic mass is 15.2. The fourth-order valence-corrected chi connectivity index (χ4v) is 1.94. The predicted molar refractivity (Wildman–Crippen MR) is 46.7 cm³/mol. The number of hydrogen-bond donors (Lipinski definition) is 0. The minimum atomic E-state index is 0.663. The Labute approximate surface area is 72.8 Å². The standard InChI is InChI=1S/C9H15N3/c1-8-2-4-9(5-3-8)12-6-10-11-7-12/h6-9H,2-5H2,1H3. The van der Waals surface area contributed by atoms with Crippen molar-refractivity contribution in [3.05, 3.63) is 12.7 Å². The summed E-state index contributed by atoms with van der Waals surface area (Å²) in [5.74, 6) is 0.915. The van der Waals surface area contributed by atoms with E-state index in [-0.39, 0.29) is 0 Å². The summed E-state index contributed by atoms with van der Waals surface area (Å²) < 4.78 is 2.14. The summed E-state index contributed by atoms with van der Waals surface area (Å²) in [6, 6.07) is 0.663. The molecule has 0 aromatic carbocycles. The SMILES string of the molecule is CC1CCC(n2cnnc2)CC1. The molecule has 0 amide bonds. The van der Waals surface area contributed by atoms with Crippen molar-refractivity contribution in [1.29, 1.82) is 0 Å². The van der Waals surface area contributed by atoms with Gasteiger partial charge in [-0.1, -0.05) is 6.92 Å². The van der Waals surface area contributed by atoms with Crippen LogP contribution in [0.2, 0.25) is 0 Å². The summed E-state index contributed by atoms with van der Waals surface area (Å²) in [5, 5.41) is 7.66. The van der Waals surface area contributed by atoms with Gasteiger partial charge in [-0.25, -0.2) is 0 Å². The van der Waals surface area contributed by atoms with Gasteiger partial charge in [0.05, 0.1) is 0 Å². The maximum absolute atomic E-state index is 3.83. The van der Waals surface area contributed by atoms with Crippen molar-refractivity contribution >= 4 is 0 Å². The fraction of sp³-hybridized carbons (Fsp3) is 0.778. The summed E-state index contributed by atoms with van der Waals surface area (Å²) in [7, 11) is 0. The largest absolute Gasteiger partial charge is 0.317 e. The molecule has 3 heteroatoms. The number of aromatic nitrogens is 3. The van der Waals surface area contributed by atoms with Crippen LogP contribution in [0.3, 0.4) is 0 Å². The molecule has 0 aliphatic heterocycles. The van der Waals surface area contributed by atoms with Crippen LogP contribution in [0.4, 0.5) is 0 Å². The van der Waals surface area contributed by atoms with E-state index >= 15 is 0 Å². The normalized spacial score (nSPS) is 30.4. The molecule has 1 aliphatic carbocycles. The fourth-order valence-electron chi connectivity index (χ4n) is 1.94. The second kappa shape index (κ2) is 3.25. The Bertz CT molecular complexity index is 222. The highest BCUT2D eigenvalue weighted by molar-refractivity contribution is 4.77. The number of hydrogen-bond acceptors (Lipinski definition) is 2. The molecular formula is C9H15N3. The Hall–Kier alpha value is -0.860. The van der Waals surface area contributed by atoms with Crippen LogP contribution in [0.1, 0.15) is 38.6 Å². The van der Waals surface area contributed by atoms with E-state index in [1.54, 1.807) is 0 Å². The van der Waals surface area contributed by atoms with Gasteiger partial charge < -0.3 is 4.57 Å². The van der Waals surface area contributed by atoms with Gasteiger partial charge in [-0.05, 0) is 31.6 Å². The topological polar surface area (TPSA) is 30.7 Å². The lowest BCUT2D eigenvalue weighted by Gasteiger charge is -2.26. The first-order valence-corrected chi connectivity index (χ1v) is 4.70. The Morgan fingerprint density at radius 3 is 2.25 bits per heavy atom. The van der Waals surface area contributed by atoms with Crippen LogP contribution in [0, 0.1) is 5.92 Å². The van der Waals surface area contributed by atoms with Crippen LogP contribution in [-0.4, -0.2) is 14.8 Å². The highest BCUT2D eigenvalue weighted by Crippen LogP contribution is 2.30. The third-order valence-electron chi connectivity index (χ3n) is 2.84. The van der Waals surface area contributed by atoms with Crippen molar-refractivity contribution in [2.45, 2.75) is 38.6 Å². The van der Waals surface area contributed by atoms with E-state index in [0.29, 0.717) is 6.04 Å². The zero-order valence-corrected chi connectivity index (χ0v) is 7.48. The molecule has 1 heterocycles. The van der Waals surface area contributed by atoms with E-state index in [9.17, 15) is 0 Å². The van der Waals surface area contributed by atoms with Crippen LogP contribution in [0.25, 0.3) is 0 Å². The molecule has 12 heavy (non-hydrogen) atoms. The molecule has 0 spiro atoms. The quantitative estimate of drug-likeness (QED) is 0.637. The molecule has 0 N–H and O–H groups in total. The summed E-state index contributed by atoms with van der Waals surface area (Å²) >= 11 is 0. The van der Waals surface area contributed by atoms with Gasteiger partial charge in [0.15, 0.2) is 0 Å². The summed E-state index contributed by atoms with van der Waals surface area (Å²) in [6.45, 7) is 2.34. The molecule has 1 aromatic rings. The third-order valence-corrected chi connectivity index (χ3v) is 2.84. The zero-order valence-electron chi connectivity index (χ0n) is 7.48. The Morgan fingerprint density at radius 2 is 1.67 bits per heavy atom. The van der Waals surface area contributed by atoms with Crippen molar-refractivity contribution in [2.75, 3.05) is 0 Å². The first-order valence-electron chi connectivity index (χ1n) is 4.70. The van der Waals surface area contributed by atoms with Gasteiger partial charge in [0.1, 0.15) is 12.7 Å². The molecule has 1 fully saturated rings. The van der Waals surface area contributed by atoms with Crippen LogP contribution in [0.15, 0.2) is 12.7 Å². The Balaban J connectivity index is 1.99. The van der Waals surface area contributed by atoms with Crippen LogP contribution < -0.4 is 0 Å². The minimum Gasteiger partial charge on any atom is -0.317 e. The van der Waals surface area contributed by atoms with E-state index in [4.69, 9.17) is 0 Å². The Kier molecular flexibility index (Phi) is 2.11. The average molecular weight is 165 g/mol. The van der Waals surface area contributed by atoms with Crippen molar-refractivity contribution in [3.63, 3.8) is 0 Å². The second-order valence-electron chi connectivity index (χ2n) is 3.82. The van der Waals surface area contributed by atoms with E-state index in [2.05, 4.69) is 21.7 Å². The van der Waals surface area contributed by atoms with Gasteiger partial charge in [-0.15, -0.1) is 10.2 Å². The van der Waals surface area contributed by atoms with Crippen LogP contribution in [0.5, 0.6) is 0 Å². The number of nitrogens with zero attached hydrogens (tertiary/aromatic N) is 3. The van der Waals surface area contributed by atoms with E-state index in [0.717, 1.165) is 5.92 Å². The molecule has 0 unspecified atom stereocenters. The molecule has 0 saturated heterocycles. The van der Waals surface area contributed by atoms with Gasteiger partial charge in [-0.2, -0.15) is 0 Å². The van der Waals surface area contributed by atoms with Crippen molar-refractivity contribution in [3.8, 4) is 0 Å². The minimum absolute atomic E-state index is 0.663. The van der Waals surface area contributed by atoms with Gasteiger partial charge in [0.25, 0.3) is 0 Å². The molecule has 66 valence electrons. The summed E-state index contributed by atoms with van der Waals surface area (Å²) in [6.07, 6.45) is 8.95. The van der Waals surface area contributed by atoms with Crippen LogP contribution >= 0.6 is 0 Å². The molecular weight excluding hydrogens is 150 g/mol. The maximum Gasteiger partial charge on any atom is 0.119 e. The third kappa shape index (κ3) is 1.49.